The van der Waals surface area contributed by atoms with E-state index in [1.165, 1.54) is 0 Å². The number of hydrogen-bond acceptors (Lipinski definition) is 7. The topological polar surface area (TPSA) is 122 Å². The van der Waals surface area contributed by atoms with Crippen LogP contribution in [0.25, 0.3) is 0 Å². The van der Waals surface area contributed by atoms with E-state index < -0.39 is 6.16 Å². The number of carbonyl (C=O) groups is 5. The lowest BCUT2D eigenvalue weighted by Crippen LogP contribution is -2.42. The molecule has 10 heteroatoms. The van der Waals surface area contributed by atoms with Crippen molar-refractivity contribution in [3.05, 3.63) is 65.2 Å². The van der Waals surface area contributed by atoms with Gasteiger partial charge in [-0.15, -0.1) is 0 Å². The van der Waals surface area contributed by atoms with Crippen molar-refractivity contribution in [1.82, 2.24) is 15.1 Å². The third-order valence-corrected chi connectivity index (χ3v) is 6.49. The Kier molecular flexibility index (Phi) is 8.17. The number of hydrogen-bond donors (Lipinski definition) is 1. The highest BCUT2D eigenvalue weighted by Crippen LogP contribution is 2.23. The number of benzene rings is 2. The van der Waals surface area contributed by atoms with Crippen molar-refractivity contribution in [2.75, 3.05) is 32.8 Å². The number of piperidine rings is 1. The molecule has 2 aliphatic rings. The summed E-state index contributed by atoms with van der Waals surface area (Å²) >= 11 is 0. The van der Waals surface area contributed by atoms with Gasteiger partial charge in [0.15, 0.2) is 0 Å². The maximum absolute atomic E-state index is 12.8. The Balaban J connectivity index is 1.17. The van der Waals surface area contributed by atoms with Gasteiger partial charge in [-0.25, -0.2) is 4.79 Å². The fourth-order valence-electron chi connectivity index (χ4n) is 4.43. The molecule has 1 saturated heterocycles. The minimum absolute atomic E-state index is 0.0365. The number of imide groups is 1. The standard InChI is InChI=1S/C27H29N3O7/c1-2-36-27(35)37-20-9-7-19(8-10-20)24(32)29-14-11-18(12-15-29)17-28-23(31)13-16-30-25(33)21-5-3-4-6-22(21)26(30)34/h3-10,18H,2,11-17H2,1H3,(H,28,31). The number of likely N-dealkylation sites (tertiary alicyclic amines) is 1. The van der Waals surface area contributed by atoms with Gasteiger partial charge in [0.25, 0.3) is 17.7 Å². The van der Waals surface area contributed by atoms with Crippen LogP contribution in [0.1, 0.15) is 57.3 Å². The van der Waals surface area contributed by atoms with Gasteiger partial charge in [0.1, 0.15) is 5.75 Å². The first-order valence-electron chi connectivity index (χ1n) is 12.3. The molecule has 1 N–H and O–H groups in total. The SMILES string of the molecule is CCOC(=O)Oc1ccc(C(=O)N2CCC(CNC(=O)CCN3C(=O)c4ccccc4C3=O)CC2)cc1. The fourth-order valence-corrected chi connectivity index (χ4v) is 4.43. The first-order valence-corrected chi connectivity index (χ1v) is 12.3. The summed E-state index contributed by atoms with van der Waals surface area (Å²) in [5.74, 6) is -0.537. The molecule has 37 heavy (non-hydrogen) atoms. The van der Waals surface area contributed by atoms with Gasteiger partial charge in [0.05, 0.1) is 17.7 Å². The lowest BCUT2D eigenvalue weighted by molar-refractivity contribution is -0.121. The van der Waals surface area contributed by atoms with Crippen LogP contribution in [0.2, 0.25) is 0 Å². The Labute approximate surface area is 214 Å². The van der Waals surface area contributed by atoms with Crippen LogP contribution in [0.4, 0.5) is 4.79 Å². The van der Waals surface area contributed by atoms with E-state index in [0.29, 0.717) is 42.1 Å². The molecule has 194 valence electrons. The minimum Gasteiger partial charge on any atom is -0.434 e. The molecule has 2 aromatic carbocycles. The summed E-state index contributed by atoms with van der Waals surface area (Å²) < 4.78 is 9.74. The highest BCUT2D eigenvalue weighted by Gasteiger charge is 2.35. The van der Waals surface area contributed by atoms with Crippen molar-refractivity contribution in [1.29, 1.82) is 0 Å². The summed E-state index contributed by atoms with van der Waals surface area (Å²) in [7, 11) is 0. The number of ether oxygens (including phenoxy) is 2. The third kappa shape index (κ3) is 6.14. The summed E-state index contributed by atoms with van der Waals surface area (Å²) in [5, 5.41) is 2.89. The van der Waals surface area contributed by atoms with E-state index in [1.807, 2.05) is 0 Å². The fraction of sp³-hybridized carbons (Fsp3) is 0.370. The zero-order valence-corrected chi connectivity index (χ0v) is 20.6. The molecule has 0 unspecified atom stereocenters. The Morgan fingerprint density at radius 2 is 1.57 bits per heavy atom. The number of carbonyl (C=O) groups excluding carboxylic acids is 5. The van der Waals surface area contributed by atoms with Crippen LogP contribution in [-0.2, 0) is 9.53 Å². The zero-order valence-electron chi connectivity index (χ0n) is 20.6. The summed E-state index contributed by atoms with van der Waals surface area (Å²) in [6, 6.07) is 13.0. The average molecular weight is 508 g/mol. The second-order valence-corrected chi connectivity index (χ2v) is 8.91. The van der Waals surface area contributed by atoms with Crippen LogP contribution in [-0.4, -0.2) is 72.4 Å². The maximum Gasteiger partial charge on any atom is 0.513 e. The van der Waals surface area contributed by atoms with Crippen molar-refractivity contribution >= 4 is 29.8 Å². The largest absolute Gasteiger partial charge is 0.513 e. The highest BCUT2D eigenvalue weighted by atomic mass is 16.7. The summed E-state index contributed by atoms with van der Waals surface area (Å²) in [5.41, 5.74) is 1.24. The Morgan fingerprint density at radius 3 is 2.16 bits per heavy atom. The molecular formula is C27H29N3O7. The maximum atomic E-state index is 12.8. The minimum atomic E-state index is -0.792. The molecular weight excluding hydrogens is 478 g/mol. The summed E-state index contributed by atoms with van der Waals surface area (Å²) in [6.45, 7) is 3.54. The first-order chi connectivity index (χ1) is 17.9. The molecule has 10 nitrogen and oxygen atoms in total. The zero-order chi connectivity index (χ0) is 26.4. The number of nitrogens with zero attached hydrogens (tertiary/aromatic N) is 2. The highest BCUT2D eigenvalue weighted by molar-refractivity contribution is 6.21. The molecule has 0 spiro atoms. The third-order valence-electron chi connectivity index (χ3n) is 6.49. The van der Waals surface area contributed by atoms with Gasteiger partial charge >= 0.3 is 6.16 Å². The van der Waals surface area contributed by atoms with Crippen molar-refractivity contribution in [3.8, 4) is 5.75 Å². The predicted molar refractivity (Wildman–Crippen MR) is 132 cm³/mol. The normalized spacial score (nSPS) is 15.4. The van der Waals surface area contributed by atoms with E-state index in [2.05, 4.69) is 5.32 Å². The molecule has 0 atom stereocenters. The quantitative estimate of drug-likeness (QED) is 0.331. The summed E-state index contributed by atoms with van der Waals surface area (Å²) in [4.78, 5) is 64.3. The second-order valence-electron chi connectivity index (χ2n) is 8.91. The molecule has 0 saturated carbocycles. The van der Waals surface area contributed by atoms with Gasteiger partial charge < -0.3 is 19.7 Å². The first kappa shape index (κ1) is 25.9. The van der Waals surface area contributed by atoms with Gasteiger partial charge in [-0.05, 0) is 62.1 Å². The van der Waals surface area contributed by atoms with Crippen LogP contribution in [0.3, 0.4) is 0 Å². The van der Waals surface area contributed by atoms with Crippen molar-refractivity contribution < 1.29 is 33.4 Å². The van der Waals surface area contributed by atoms with Gasteiger partial charge in [-0.2, -0.15) is 0 Å². The lowest BCUT2D eigenvalue weighted by Gasteiger charge is -2.32. The number of amides is 4. The van der Waals surface area contributed by atoms with E-state index in [-0.39, 0.29) is 49.1 Å². The van der Waals surface area contributed by atoms with E-state index >= 15 is 0 Å². The van der Waals surface area contributed by atoms with E-state index in [0.717, 1.165) is 17.7 Å². The monoisotopic (exact) mass is 507 g/mol. The smallest absolute Gasteiger partial charge is 0.434 e. The number of fused-ring (bicyclic) bond motifs is 1. The average Bonchev–Trinajstić information content (AvgIpc) is 3.16. The molecule has 0 bridgehead atoms. The Bertz CT molecular complexity index is 1150. The van der Waals surface area contributed by atoms with E-state index in [1.54, 1.807) is 60.4 Å². The molecule has 2 heterocycles. The van der Waals surface area contributed by atoms with E-state index in [9.17, 15) is 24.0 Å². The van der Waals surface area contributed by atoms with Crippen LogP contribution < -0.4 is 10.1 Å². The van der Waals surface area contributed by atoms with Crippen LogP contribution >= 0.6 is 0 Å². The number of rotatable bonds is 8. The number of nitrogens with one attached hydrogen (secondary N) is 1. The van der Waals surface area contributed by atoms with Gasteiger partial charge in [0, 0.05) is 38.2 Å². The van der Waals surface area contributed by atoms with Gasteiger partial charge in [-0.1, -0.05) is 12.1 Å². The molecule has 0 aliphatic carbocycles. The van der Waals surface area contributed by atoms with Crippen LogP contribution in [0.5, 0.6) is 5.75 Å². The van der Waals surface area contributed by atoms with Gasteiger partial charge in [0.2, 0.25) is 5.91 Å². The molecule has 4 amide bonds. The Morgan fingerprint density at radius 1 is 0.946 bits per heavy atom. The van der Waals surface area contributed by atoms with Crippen molar-refractivity contribution in [3.63, 3.8) is 0 Å². The molecule has 1 fully saturated rings. The Hall–Kier alpha value is -4.21. The molecule has 2 aliphatic heterocycles. The van der Waals surface area contributed by atoms with Crippen LogP contribution in [0, 0.1) is 5.92 Å². The van der Waals surface area contributed by atoms with Crippen molar-refractivity contribution in [2.45, 2.75) is 26.2 Å². The summed E-state index contributed by atoms with van der Waals surface area (Å²) in [6.07, 6.45) is 0.737. The molecule has 4 rings (SSSR count). The molecule has 0 aromatic heterocycles. The van der Waals surface area contributed by atoms with Crippen molar-refractivity contribution in [2.24, 2.45) is 5.92 Å². The molecule has 2 aromatic rings. The molecule has 0 radical (unpaired) electrons. The van der Waals surface area contributed by atoms with Gasteiger partial charge in [-0.3, -0.25) is 24.1 Å². The van der Waals surface area contributed by atoms with E-state index in [4.69, 9.17) is 9.47 Å². The predicted octanol–water partition coefficient (Wildman–Crippen LogP) is 2.88. The van der Waals surface area contributed by atoms with Crippen LogP contribution in [0.15, 0.2) is 48.5 Å². The second kappa shape index (κ2) is 11.7. The lowest BCUT2D eigenvalue weighted by atomic mass is 9.96.